The van der Waals surface area contributed by atoms with Crippen LogP contribution in [0, 0.1) is 0 Å². The van der Waals surface area contributed by atoms with Gasteiger partial charge in [0.15, 0.2) is 0 Å². The lowest BCUT2D eigenvalue weighted by molar-refractivity contribution is 0.202. The second-order valence-electron chi connectivity index (χ2n) is 2.27. The average molecular weight is 162 g/mol. The van der Waals surface area contributed by atoms with E-state index in [1.807, 2.05) is 11.8 Å². The summed E-state index contributed by atoms with van der Waals surface area (Å²) >= 11 is 1.87. The van der Waals surface area contributed by atoms with E-state index >= 15 is 0 Å². The number of hydrogen-bond donors (Lipinski definition) is 2. The summed E-state index contributed by atoms with van der Waals surface area (Å²) in [6.07, 6.45) is 0. The molecule has 0 aromatic rings. The number of hydrogen-bond acceptors (Lipinski definition) is 4. The molecule has 0 radical (unpaired) electrons. The van der Waals surface area contributed by atoms with Gasteiger partial charge in [0.2, 0.25) is 0 Å². The van der Waals surface area contributed by atoms with Crippen molar-refractivity contribution in [1.29, 1.82) is 0 Å². The van der Waals surface area contributed by atoms with Gasteiger partial charge in [0.05, 0.1) is 12.5 Å². The fraction of sp³-hybridized carbons (Fsp3) is 1.00. The van der Waals surface area contributed by atoms with Crippen LogP contribution in [0.15, 0.2) is 0 Å². The highest BCUT2D eigenvalue weighted by atomic mass is 32.2. The Hall–Kier alpha value is 0.230. The number of thioether (sulfide) groups is 1. The van der Waals surface area contributed by atoms with Gasteiger partial charge in [0.25, 0.3) is 0 Å². The molecule has 1 aliphatic rings. The number of ether oxygens (including phenoxy) is 1. The van der Waals surface area contributed by atoms with E-state index in [4.69, 9.17) is 10.5 Å². The first-order chi connectivity index (χ1) is 4.93. The molecule has 0 aromatic carbocycles. The monoisotopic (exact) mass is 162 g/mol. The van der Waals surface area contributed by atoms with E-state index in [1.165, 1.54) is 0 Å². The zero-order chi connectivity index (χ0) is 7.23. The average Bonchev–Trinajstić information content (AvgIpc) is 2.41. The maximum atomic E-state index is 5.31. The molecule has 4 heteroatoms. The first-order valence-corrected chi connectivity index (χ1v) is 4.58. The molecule has 0 bridgehead atoms. The Morgan fingerprint density at radius 2 is 2.60 bits per heavy atom. The van der Waals surface area contributed by atoms with Crippen LogP contribution in [0.1, 0.15) is 0 Å². The van der Waals surface area contributed by atoms with Crippen LogP contribution in [0.3, 0.4) is 0 Å². The molecular weight excluding hydrogens is 148 g/mol. The van der Waals surface area contributed by atoms with E-state index < -0.39 is 0 Å². The van der Waals surface area contributed by atoms with E-state index in [0.717, 1.165) is 32.2 Å². The SMILES string of the molecule is NCCNCC1COCS1. The predicted molar refractivity (Wildman–Crippen MR) is 44.1 cm³/mol. The first kappa shape index (κ1) is 8.33. The van der Waals surface area contributed by atoms with Crippen molar-refractivity contribution in [3.8, 4) is 0 Å². The normalized spacial score (nSPS) is 25.5. The minimum Gasteiger partial charge on any atom is -0.370 e. The summed E-state index contributed by atoms with van der Waals surface area (Å²) in [5.41, 5.74) is 5.31. The molecule has 3 nitrogen and oxygen atoms in total. The highest BCUT2D eigenvalue weighted by molar-refractivity contribution is 8.00. The van der Waals surface area contributed by atoms with E-state index in [9.17, 15) is 0 Å². The van der Waals surface area contributed by atoms with Gasteiger partial charge in [-0.05, 0) is 0 Å². The molecule has 0 spiro atoms. The van der Waals surface area contributed by atoms with Crippen LogP contribution in [-0.4, -0.2) is 37.4 Å². The molecule has 10 heavy (non-hydrogen) atoms. The molecule has 1 fully saturated rings. The van der Waals surface area contributed by atoms with Crippen molar-refractivity contribution in [3.05, 3.63) is 0 Å². The van der Waals surface area contributed by atoms with Gasteiger partial charge < -0.3 is 15.8 Å². The Kier molecular flexibility index (Phi) is 4.13. The molecule has 1 aliphatic heterocycles. The van der Waals surface area contributed by atoms with Gasteiger partial charge in [-0.1, -0.05) is 0 Å². The third-order valence-corrected chi connectivity index (χ3v) is 2.46. The van der Waals surface area contributed by atoms with Gasteiger partial charge >= 0.3 is 0 Å². The quantitative estimate of drug-likeness (QED) is 0.553. The van der Waals surface area contributed by atoms with Gasteiger partial charge in [-0.15, -0.1) is 11.8 Å². The summed E-state index contributed by atoms with van der Waals surface area (Å²) in [6, 6.07) is 0. The van der Waals surface area contributed by atoms with Crippen molar-refractivity contribution in [3.63, 3.8) is 0 Å². The van der Waals surface area contributed by atoms with Crippen LogP contribution < -0.4 is 11.1 Å². The van der Waals surface area contributed by atoms with Gasteiger partial charge in [-0.25, -0.2) is 0 Å². The fourth-order valence-electron chi connectivity index (χ4n) is 0.855. The third-order valence-electron chi connectivity index (χ3n) is 1.38. The van der Waals surface area contributed by atoms with Crippen LogP contribution in [0.5, 0.6) is 0 Å². The summed E-state index contributed by atoms with van der Waals surface area (Å²) in [5, 5.41) is 3.90. The summed E-state index contributed by atoms with van der Waals surface area (Å²) < 4.78 is 5.18. The molecule has 1 rings (SSSR count). The lowest BCUT2D eigenvalue weighted by Gasteiger charge is -2.06. The third kappa shape index (κ3) is 2.88. The van der Waals surface area contributed by atoms with Gasteiger partial charge in [-0.3, -0.25) is 0 Å². The number of nitrogens with one attached hydrogen (secondary N) is 1. The minimum atomic E-state index is 0.645. The van der Waals surface area contributed by atoms with E-state index in [0.29, 0.717) is 5.25 Å². The van der Waals surface area contributed by atoms with Crippen molar-refractivity contribution in [2.75, 3.05) is 32.2 Å². The fourth-order valence-corrected chi connectivity index (χ4v) is 1.67. The molecule has 0 saturated carbocycles. The number of nitrogens with two attached hydrogens (primary N) is 1. The smallest absolute Gasteiger partial charge is 0.0925 e. The molecule has 3 N–H and O–H groups in total. The topological polar surface area (TPSA) is 47.3 Å². The second-order valence-corrected chi connectivity index (χ2v) is 3.51. The summed E-state index contributed by atoms with van der Waals surface area (Å²) in [7, 11) is 0. The van der Waals surface area contributed by atoms with E-state index in [1.54, 1.807) is 0 Å². The highest BCUT2D eigenvalue weighted by Gasteiger charge is 2.14. The largest absolute Gasteiger partial charge is 0.370 e. The van der Waals surface area contributed by atoms with Crippen LogP contribution in [0.2, 0.25) is 0 Å². The lowest BCUT2D eigenvalue weighted by Crippen LogP contribution is -2.29. The Bertz CT molecular complexity index is 85.8. The first-order valence-electron chi connectivity index (χ1n) is 3.53. The van der Waals surface area contributed by atoms with Crippen LogP contribution >= 0.6 is 11.8 Å². The summed E-state index contributed by atoms with van der Waals surface area (Å²) in [6.45, 7) is 3.55. The molecule has 1 unspecified atom stereocenters. The zero-order valence-electron chi connectivity index (χ0n) is 6.01. The van der Waals surface area contributed by atoms with Crippen molar-refractivity contribution < 1.29 is 4.74 Å². The van der Waals surface area contributed by atoms with Crippen molar-refractivity contribution in [1.82, 2.24) is 5.32 Å². The van der Waals surface area contributed by atoms with E-state index in [2.05, 4.69) is 5.32 Å². The summed E-state index contributed by atoms with van der Waals surface area (Å²) in [5.74, 6) is 0.856. The zero-order valence-corrected chi connectivity index (χ0v) is 6.82. The van der Waals surface area contributed by atoms with Crippen molar-refractivity contribution >= 4 is 11.8 Å². The molecule has 0 aromatic heterocycles. The summed E-state index contributed by atoms with van der Waals surface area (Å²) in [4.78, 5) is 0. The Morgan fingerprint density at radius 3 is 3.20 bits per heavy atom. The van der Waals surface area contributed by atoms with Gasteiger partial charge in [0.1, 0.15) is 0 Å². The Labute approximate surface area is 65.7 Å². The Morgan fingerprint density at radius 1 is 1.70 bits per heavy atom. The van der Waals surface area contributed by atoms with Crippen molar-refractivity contribution in [2.24, 2.45) is 5.73 Å². The molecule has 1 atom stereocenters. The van der Waals surface area contributed by atoms with E-state index in [-0.39, 0.29) is 0 Å². The van der Waals surface area contributed by atoms with Crippen LogP contribution in [0.25, 0.3) is 0 Å². The maximum Gasteiger partial charge on any atom is 0.0925 e. The number of rotatable bonds is 4. The van der Waals surface area contributed by atoms with Crippen molar-refractivity contribution in [2.45, 2.75) is 5.25 Å². The second kappa shape index (κ2) is 4.96. The Balaban J connectivity index is 1.91. The van der Waals surface area contributed by atoms with Crippen LogP contribution in [0.4, 0.5) is 0 Å². The highest BCUT2D eigenvalue weighted by Crippen LogP contribution is 2.17. The van der Waals surface area contributed by atoms with Gasteiger partial charge in [-0.2, -0.15) is 0 Å². The standard InChI is InChI=1S/C6H14N2OS/c7-1-2-8-3-6-4-9-5-10-6/h6,8H,1-5,7H2. The predicted octanol–water partition coefficient (Wildman–Crippen LogP) is -0.376. The molecule has 60 valence electrons. The lowest BCUT2D eigenvalue weighted by atomic mass is 10.4. The molecule has 1 saturated heterocycles. The molecule has 1 heterocycles. The minimum absolute atomic E-state index is 0.645. The maximum absolute atomic E-state index is 5.31. The molecule has 0 amide bonds. The van der Waals surface area contributed by atoms with Gasteiger partial charge in [0, 0.05) is 24.9 Å². The molecule has 0 aliphatic carbocycles. The van der Waals surface area contributed by atoms with Crippen LogP contribution in [-0.2, 0) is 4.74 Å². The molecular formula is C6H14N2OS.